The highest BCUT2D eigenvalue weighted by Gasteiger charge is 2.32. The van der Waals surface area contributed by atoms with Gasteiger partial charge in [-0.3, -0.25) is 9.59 Å². The van der Waals surface area contributed by atoms with E-state index in [1.807, 2.05) is 30.3 Å². The smallest absolute Gasteiger partial charge is 0.321 e. The Hall–Kier alpha value is -2.57. The Labute approximate surface area is 134 Å². The normalized spacial score (nSPS) is 21.0. The summed E-state index contributed by atoms with van der Waals surface area (Å²) in [4.78, 5) is 39.1. The number of urea groups is 1. The van der Waals surface area contributed by atoms with Crippen LogP contribution in [0.5, 0.6) is 0 Å². The second-order valence-corrected chi connectivity index (χ2v) is 5.77. The zero-order valence-electron chi connectivity index (χ0n) is 12.8. The maximum Gasteiger partial charge on any atom is 0.321 e. The van der Waals surface area contributed by atoms with Crippen molar-refractivity contribution in [2.24, 2.45) is 0 Å². The van der Waals surface area contributed by atoms with Gasteiger partial charge in [0.25, 0.3) is 0 Å². The zero-order valence-corrected chi connectivity index (χ0v) is 12.8. The fraction of sp³-hybridized carbons (Fsp3) is 0.438. The van der Waals surface area contributed by atoms with Crippen LogP contribution in [0.1, 0.15) is 12.8 Å². The van der Waals surface area contributed by atoms with Crippen molar-refractivity contribution in [3.8, 4) is 0 Å². The number of piperazine rings is 1. The molecule has 7 nitrogen and oxygen atoms in total. The average Bonchev–Trinajstić information content (AvgIpc) is 3.02. The highest BCUT2D eigenvalue weighted by atomic mass is 16.2. The number of carbonyl (C=O) groups excluding carboxylic acids is 3. The lowest BCUT2D eigenvalue weighted by molar-refractivity contribution is -0.135. The molecule has 2 saturated heterocycles. The fourth-order valence-corrected chi connectivity index (χ4v) is 2.87. The van der Waals surface area contributed by atoms with Crippen molar-refractivity contribution in [1.29, 1.82) is 0 Å². The molecule has 0 aliphatic carbocycles. The molecule has 7 heteroatoms. The summed E-state index contributed by atoms with van der Waals surface area (Å²) in [6, 6.07) is 8.73. The highest BCUT2D eigenvalue weighted by molar-refractivity contribution is 5.91. The van der Waals surface area contributed by atoms with E-state index in [1.165, 1.54) is 0 Å². The van der Waals surface area contributed by atoms with E-state index in [0.717, 1.165) is 5.69 Å². The van der Waals surface area contributed by atoms with E-state index < -0.39 is 6.04 Å². The maximum atomic E-state index is 12.3. The molecule has 2 aliphatic rings. The molecular weight excluding hydrogens is 296 g/mol. The molecule has 1 unspecified atom stereocenters. The molecule has 0 bridgehead atoms. The molecule has 3 rings (SSSR count). The molecule has 2 N–H and O–H groups in total. The van der Waals surface area contributed by atoms with Crippen LogP contribution in [0.25, 0.3) is 0 Å². The number of hydrogen-bond acceptors (Lipinski definition) is 3. The first-order valence-corrected chi connectivity index (χ1v) is 7.82. The van der Waals surface area contributed by atoms with E-state index in [0.29, 0.717) is 39.0 Å². The lowest BCUT2D eigenvalue weighted by atomic mass is 10.2. The predicted octanol–water partition coefficient (Wildman–Crippen LogP) is 0.641. The summed E-state index contributed by atoms with van der Waals surface area (Å²) < 4.78 is 0. The minimum Gasteiger partial charge on any atom is -0.344 e. The van der Waals surface area contributed by atoms with Gasteiger partial charge in [0.15, 0.2) is 0 Å². The summed E-state index contributed by atoms with van der Waals surface area (Å²) >= 11 is 0. The molecule has 1 atom stereocenters. The van der Waals surface area contributed by atoms with Crippen molar-refractivity contribution >= 4 is 23.5 Å². The summed E-state index contributed by atoms with van der Waals surface area (Å²) in [6.45, 7) is 1.97. The van der Waals surface area contributed by atoms with Gasteiger partial charge in [0.2, 0.25) is 11.8 Å². The van der Waals surface area contributed by atoms with Crippen molar-refractivity contribution in [3.05, 3.63) is 30.3 Å². The average molecular weight is 316 g/mol. The van der Waals surface area contributed by atoms with Crippen LogP contribution < -0.4 is 10.6 Å². The molecule has 2 heterocycles. The van der Waals surface area contributed by atoms with Gasteiger partial charge in [-0.1, -0.05) is 18.2 Å². The van der Waals surface area contributed by atoms with Gasteiger partial charge in [0, 0.05) is 38.3 Å². The van der Waals surface area contributed by atoms with Crippen LogP contribution in [0.4, 0.5) is 10.5 Å². The van der Waals surface area contributed by atoms with Gasteiger partial charge in [-0.05, 0) is 18.6 Å². The van der Waals surface area contributed by atoms with Crippen molar-refractivity contribution in [3.63, 3.8) is 0 Å². The first kappa shape index (κ1) is 15.3. The van der Waals surface area contributed by atoms with Gasteiger partial charge in [-0.15, -0.1) is 0 Å². The quantitative estimate of drug-likeness (QED) is 0.840. The lowest BCUT2D eigenvalue weighted by Crippen LogP contribution is -2.55. The molecule has 0 spiro atoms. The van der Waals surface area contributed by atoms with Gasteiger partial charge in [-0.2, -0.15) is 0 Å². The largest absolute Gasteiger partial charge is 0.344 e. The summed E-state index contributed by atoms with van der Waals surface area (Å²) in [6.07, 6.45) is 0.974. The number of benzene rings is 1. The molecule has 23 heavy (non-hydrogen) atoms. The molecule has 0 radical (unpaired) electrons. The Morgan fingerprint density at radius 1 is 1.04 bits per heavy atom. The molecule has 122 valence electrons. The van der Waals surface area contributed by atoms with Crippen LogP contribution in [0.15, 0.2) is 30.3 Å². The first-order valence-electron chi connectivity index (χ1n) is 7.82. The van der Waals surface area contributed by atoms with Crippen molar-refractivity contribution in [1.82, 2.24) is 15.1 Å². The van der Waals surface area contributed by atoms with Gasteiger partial charge in [0.05, 0.1) is 0 Å². The molecule has 0 aromatic heterocycles. The van der Waals surface area contributed by atoms with E-state index in [-0.39, 0.29) is 17.8 Å². The number of anilines is 1. The van der Waals surface area contributed by atoms with Crippen LogP contribution in [0, 0.1) is 0 Å². The second kappa shape index (κ2) is 6.68. The summed E-state index contributed by atoms with van der Waals surface area (Å²) in [5.41, 5.74) is 0.754. The number of nitrogens with zero attached hydrogens (tertiary/aromatic N) is 2. The number of carbonyl (C=O) groups is 3. The SMILES string of the molecule is O=C1CCC(C(=O)N2CCN(C(=O)Nc3ccccc3)CC2)N1. The third kappa shape index (κ3) is 3.61. The molecule has 2 aliphatic heterocycles. The van der Waals surface area contributed by atoms with Crippen LogP contribution in [-0.2, 0) is 9.59 Å². The van der Waals surface area contributed by atoms with E-state index in [1.54, 1.807) is 9.80 Å². The number of hydrogen-bond donors (Lipinski definition) is 2. The Morgan fingerprint density at radius 3 is 2.30 bits per heavy atom. The van der Waals surface area contributed by atoms with Crippen molar-refractivity contribution in [2.45, 2.75) is 18.9 Å². The minimum atomic E-state index is -0.396. The van der Waals surface area contributed by atoms with E-state index in [4.69, 9.17) is 0 Å². The number of rotatable bonds is 2. The summed E-state index contributed by atoms with van der Waals surface area (Å²) in [5.74, 6) is -0.108. The van der Waals surface area contributed by atoms with E-state index in [9.17, 15) is 14.4 Å². The topological polar surface area (TPSA) is 81.8 Å². The Morgan fingerprint density at radius 2 is 1.70 bits per heavy atom. The van der Waals surface area contributed by atoms with Gasteiger partial charge in [-0.25, -0.2) is 4.79 Å². The van der Waals surface area contributed by atoms with Crippen LogP contribution >= 0.6 is 0 Å². The Kier molecular flexibility index (Phi) is 4.45. The van der Waals surface area contributed by atoms with Crippen molar-refractivity contribution < 1.29 is 14.4 Å². The third-order valence-corrected chi connectivity index (χ3v) is 4.20. The standard InChI is InChI=1S/C16H20N4O3/c21-14-7-6-13(18-14)15(22)19-8-10-20(11-9-19)16(23)17-12-4-2-1-3-5-12/h1-5,13H,6-11H2,(H,17,23)(H,18,21). The van der Waals surface area contributed by atoms with Crippen molar-refractivity contribution in [2.75, 3.05) is 31.5 Å². The zero-order chi connectivity index (χ0) is 16.2. The van der Waals surface area contributed by atoms with E-state index in [2.05, 4.69) is 10.6 Å². The predicted molar refractivity (Wildman–Crippen MR) is 84.8 cm³/mol. The Bertz CT molecular complexity index is 597. The van der Waals surface area contributed by atoms with Gasteiger partial charge >= 0.3 is 6.03 Å². The van der Waals surface area contributed by atoms with Gasteiger partial charge in [0.1, 0.15) is 6.04 Å². The molecule has 0 saturated carbocycles. The number of para-hydroxylation sites is 1. The number of nitrogens with one attached hydrogen (secondary N) is 2. The van der Waals surface area contributed by atoms with Crippen LogP contribution in [0.3, 0.4) is 0 Å². The summed E-state index contributed by atoms with van der Waals surface area (Å²) in [5, 5.41) is 5.54. The summed E-state index contributed by atoms with van der Waals surface area (Å²) in [7, 11) is 0. The molecule has 4 amide bonds. The third-order valence-electron chi connectivity index (χ3n) is 4.20. The molecule has 1 aromatic carbocycles. The van der Waals surface area contributed by atoms with Crippen LogP contribution in [0.2, 0.25) is 0 Å². The number of amides is 4. The monoisotopic (exact) mass is 316 g/mol. The highest BCUT2D eigenvalue weighted by Crippen LogP contribution is 2.13. The molecule has 2 fully saturated rings. The van der Waals surface area contributed by atoms with Crippen LogP contribution in [-0.4, -0.2) is 59.9 Å². The van der Waals surface area contributed by atoms with Gasteiger partial charge < -0.3 is 20.4 Å². The first-order chi connectivity index (χ1) is 11.1. The minimum absolute atomic E-state index is 0.0426. The fourth-order valence-electron chi connectivity index (χ4n) is 2.87. The molecule has 1 aromatic rings. The Balaban J connectivity index is 1.49. The lowest BCUT2D eigenvalue weighted by Gasteiger charge is -2.35. The second-order valence-electron chi connectivity index (χ2n) is 5.77. The maximum absolute atomic E-state index is 12.3. The van der Waals surface area contributed by atoms with E-state index >= 15 is 0 Å². The molecular formula is C16H20N4O3.